The molecule has 6 heteroatoms. The van der Waals surface area contributed by atoms with Crippen molar-refractivity contribution in [1.82, 2.24) is 0 Å². The van der Waals surface area contributed by atoms with Crippen LogP contribution < -0.4 is 0 Å². The molecule has 0 radical (unpaired) electrons. The average molecular weight is 430 g/mol. The first-order chi connectivity index (χ1) is 12.3. The predicted octanol–water partition coefficient (Wildman–Crippen LogP) is 6.91. The van der Waals surface area contributed by atoms with E-state index in [4.69, 9.17) is 39.5 Å². The van der Waals surface area contributed by atoms with Crippen LogP contribution in [0.1, 0.15) is 90.4 Å². The lowest BCUT2D eigenvalue weighted by molar-refractivity contribution is -0.143. The lowest BCUT2D eigenvalue weighted by atomic mass is 10.1. The number of carbonyl (C=O) groups excluding carboxylic acids is 1. The topological polar surface area (TPSA) is 46.5 Å². The molecule has 1 N–H and O–H groups in total. The molecule has 0 bridgehead atoms. The number of halogens is 3. The van der Waals surface area contributed by atoms with Gasteiger partial charge in [-0.2, -0.15) is 0 Å². The summed E-state index contributed by atoms with van der Waals surface area (Å²) in [5.74, 6) is -0.312. The summed E-state index contributed by atoms with van der Waals surface area (Å²) in [6.07, 6.45) is 17.2. The number of aliphatic hydroxyl groups is 1. The third kappa shape index (κ3) is 20.4. The largest absolute Gasteiger partial charge is 0.461 e. The Hall–Kier alpha value is 0.0400. The molecule has 0 spiro atoms. The van der Waals surface area contributed by atoms with Crippen molar-refractivity contribution in [3.8, 4) is 0 Å². The van der Waals surface area contributed by atoms with Crippen LogP contribution in [-0.4, -0.2) is 27.6 Å². The average Bonchev–Trinajstić information content (AvgIpc) is 2.58. The van der Waals surface area contributed by atoms with Crippen LogP contribution in [0.15, 0.2) is 12.2 Å². The van der Waals surface area contributed by atoms with Gasteiger partial charge in [-0.3, -0.25) is 4.79 Å². The SMILES string of the molecule is CCCCCC[C@@H](O)CC=CCCCCCCCC(=O)OCC(Cl)(Cl)Cl. The minimum absolute atomic E-state index is 0.190. The van der Waals surface area contributed by atoms with Crippen molar-refractivity contribution in [2.45, 2.75) is 100 Å². The fourth-order valence-corrected chi connectivity index (χ4v) is 2.76. The minimum Gasteiger partial charge on any atom is -0.461 e. The molecule has 0 saturated heterocycles. The Bertz CT molecular complexity index is 368. The maximum absolute atomic E-state index is 11.4. The summed E-state index contributed by atoms with van der Waals surface area (Å²) < 4.78 is 3.34. The van der Waals surface area contributed by atoms with Gasteiger partial charge in [-0.05, 0) is 32.1 Å². The number of unbranched alkanes of at least 4 members (excludes halogenated alkanes) is 8. The highest BCUT2D eigenvalue weighted by Crippen LogP contribution is 2.26. The summed E-state index contributed by atoms with van der Waals surface area (Å²) in [6.45, 7) is 2.00. The predicted molar refractivity (Wildman–Crippen MR) is 112 cm³/mol. The second-order valence-electron chi connectivity index (χ2n) is 6.79. The fourth-order valence-electron chi connectivity index (χ4n) is 2.59. The van der Waals surface area contributed by atoms with Crippen LogP contribution in [0.4, 0.5) is 0 Å². The van der Waals surface area contributed by atoms with Gasteiger partial charge in [0.05, 0.1) is 6.10 Å². The molecule has 0 unspecified atom stereocenters. The van der Waals surface area contributed by atoms with Crippen LogP contribution >= 0.6 is 34.8 Å². The molecular weight excluding hydrogens is 395 g/mol. The number of hydrogen-bond acceptors (Lipinski definition) is 3. The zero-order valence-electron chi connectivity index (χ0n) is 16.0. The summed E-state index contributed by atoms with van der Waals surface area (Å²) in [7, 11) is 0. The molecule has 0 aliphatic carbocycles. The van der Waals surface area contributed by atoms with E-state index in [-0.39, 0.29) is 18.7 Å². The molecule has 0 aromatic rings. The van der Waals surface area contributed by atoms with Crippen molar-refractivity contribution in [1.29, 1.82) is 0 Å². The van der Waals surface area contributed by atoms with Gasteiger partial charge < -0.3 is 9.84 Å². The van der Waals surface area contributed by atoms with Gasteiger partial charge in [0.2, 0.25) is 3.79 Å². The van der Waals surface area contributed by atoms with Crippen molar-refractivity contribution in [3.05, 3.63) is 12.2 Å². The number of ether oxygens (including phenoxy) is 1. The summed E-state index contributed by atoms with van der Waals surface area (Å²) in [5, 5.41) is 9.86. The molecule has 0 aromatic heterocycles. The molecule has 0 amide bonds. The van der Waals surface area contributed by atoms with Crippen LogP contribution in [0.2, 0.25) is 0 Å². The lowest BCUT2D eigenvalue weighted by Crippen LogP contribution is -2.17. The van der Waals surface area contributed by atoms with Crippen molar-refractivity contribution in [3.63, 3.8) is 0 Å². The molecule has 0 fully saturated rings. The molecular formula is C20H35Cl3O3. The molecule has 0 saturated carbocycles. The highest BCUT2D eigenvalue weighted by molar-refractivity contribution is 6.67. The van der Waals surface area contributed by atoms with Crippen LogP contribution in [-0.2, 0) is 9.53 Å². The summed E-state index contributed by atoms with van der Waals surface area (Å²) in [4.78, 5) is 11.4. The van der Waals surface area contributed by atoms with E-state index < -0.39 is 3.79 Å². The Kier molecular flexibility index (Phi) is 17.2. The minimum atomic E-state index is -1.53. The van der Waals surface area contributed by atoms with E-state index in [9.17, 15) is 9.90 Å². The van der Waals surface area contributed by atoms with Crippen LogP contribution in [0, 0.1) is 0 Å². The first kappa shape index (κ1) is 26.0. The second kappa shape index (κ2) is 17.2. The third-order valence-corrected chi connectivity index (χ3v) is 4.44. The van der Waals surface area contributed by atoms with Gasteiger partial charge in [-0.15, -0.1) is 0 Å². The number of alkyl halides is 3. The standard InChI is InChI=1S/C20H35Cl3O3/c1-2-3-4-11-14-18(24)15-12-9-7-5-6-8-10-13-16-19(25)26-17-20(21,22)23/h9,12,18,24H,2-8,10-11,13-17H2,1H3/t18-/m1/s1. The molecule has 154 valence electrons. The van der Waals surface area contributed by atoms with Gasteiger partial charge >= 0.3 is 5.97 Å². The van der Waals surface area contributed by atoms with E-state index in [1.54, 1.807) is 0 Å². The van der Waals surface area contributed by atoms with Gasteiger partial charge in [0.25, 0.3) is 0 Å². The number of aliphatic hydroxyl groups excluding tert-OH is 1. The van der Waals surface area contributed by atoms with Crippen molar-refractivity contribution in [2.24, 2.45) is 0 Å². The quantitative estimate of drug-likeness (QED) is 0.125. The van der Waals surface area contributed by atoms with Crippen LogP contribution in [0.3, 0.4) is 0 Å². The van der Waals surface area contributed by atoms with Crippen molar-refractivity contribution in [2.75, 3.05) is 6.61 Å². The van der Waals surface area contributed by atoms with Gasteiger partial charge in [0.15, 0.2) is 0 Å². The monoisotopic (exact) mass is 428 g/mol. The van der Waals surface area contributed by atoms with Gasteiger partial charge in [0, 0.05) is 6.42 Å². The summed E-state index contributed by atoms with van der Waals surface area (Å²) in [5.41, 5.74) is 0. The molecule has 3 nitrogen and oxygen atoms in total. The molecule has 0 heterocycles. The molecule has 0 aromatic carbocycles. The number of allylic oxidation sites excluding steroid dienone is 1. The highest BCUT2D eigenvalue weighted by atomic mass is 35.6. The zero-order chi connectivity index (χ0) is 19.7. The zero-order valence-corrected chi connectivity index (χ0v) is 18.3. The van der Waals surface area contributed by atoms with E-state index in [1.165, 1.54) is 19.3 Å². The smallest absolute Gasteiger partial charge is 0.305 e. The third-order valence-electron chi connectivity index (χ3n) is 4.11. The molecule has 26 heavy (non-hydrogen) atoms. The molecule has 0 rings (SSSR count). The van der Waals surface area contributed by atoms with Gasteiger partial charge in [0.1, 0.15) is 6.61 Å². The summed E-state index contributed by atoms with van der Waals surface area (Å²) >= 11 is 16.6. The normalized spacial score (nSPS) is 13.3. The molecule has 0 aliphatic rings. The fraction of sp³-hybridized carbons (Fsp3) is 0.850. The van der Waals surface area contributed by atoms with Gasteiger partial charge in [-0.1, -0.05) is 98.8 Å². The number of hydrogen-bond donors (Lipinski definition) is 1. The summed E-state index contributed by atoms with van der Waals surface area (Å²) in [6, 6.07) is 0. The van der Waals surface area contributed by atoms with Gasteiger partial charge in [-0.25, -0.2) is 0 Å². The first-order valence-corrected chi connectivity index (χ1v) is 11.0. The second-order valence-corrected chi connectivity index (χ2v) is 9.31. The Morgan fingerprint density at radius 1 is 1.00 bits per heavy atom. The van der Waals surface area contributed by atoms with Crippen molar-refractivity contribution < 1.29 is 14.6 Å². The van der Waals surface area contributed by atoms with E-state index in [0.717, 1.165) is 57.8 Å². The van der Waals surface area contributed by atoms with E-state index >= 15 is 0 Å². The van der Waals surface area contributed by atoms with E-state index in [1.807, 2.05) is 0 Å². The number of rotatable bonds is 16. The molecule has 0 aliphatic heterocycles. The maximum atomic E-state index is 11.4. The Morgan fingerprint density at radius 2 is 1.65 bits per heavy atom. The Balaban J connectivity index is 3.38. The van der Waals surface area contributed by atoms with Crippen LogP contribution in [0.25, 0.3) is 0 Å². The number of esters is 1. The highest BCUT2D eigenvalue weighted by Gasteiger charge is 2.21. The van der Waals surface area contributed by atoms with E-state index in [2.05, 4.69) is 19.1 Å². The Labute approximate surface area is 174 Å². The van der Waals surface area contributed by atoms with Crippen LogP contribution in [0.5, 0.6) is 0 Å². The lowest BCUT2D eigenvalue weighted by Gasteiger charge is -2.11. The first-order valence-electron chi connectivity index (χ1n) is 9.90. The Morgan fingerprint density at radius 3 is 2.35 bits per heavy atom. The van der Waals surface area contributed by atoms with Crippen molar-refractivity contribution >= 4 is 40.8 Å². The molecule has 1 atom stereocenters. The number of carbonyl (C=O) groups is 1. The van der Waals surface area contributed by atoms with E-state index in [0.29, 0.717) is 6.42 Å². The maximum Gasteiger partial charge on any atom is 0.305 e.